The van der Waals surface area contributed by atoms with Crippen LogP contribution < -0.4 is 0 Å². The highest BCUT2D eigenvalue weighted by molar-refractivity contribution is 5.71. The molecular weight excluding hydrogens is 949 g/mol. The maximum Gasteiger partial charge on any atom is 0.306 e. The van der Waals surface area contributed by atoms with Crippen molar-refractivity contribution in [1.29, 1.82) is 0 Å². The van der Waals surface area contributed by atoms with Crippen molar-refractivity contribution in [2.45, 2.75) is 322 Å². The first-order chi connectivity index (χ1) is 38.0. The van der Waals surface area contributed by atoms with E-state index in [9.17, 15) is 14.4 Å². The first-order valence-electron chi connectivity index (χ1n) is 32.7. The van der Waals surface area contributed by atoms with Gasteiger partial charge in [-0.1, -0.05) is 291 Å². The van der Waals surface area contributed by atoms with Crippen molar-refractivity contribution in [2.24, 2.45) is 0 Å². The second kappa shape index (κ2) is 64.9. The van der Waals surface area contributed by atoms with Crippen LogP contribution in [0.5, 0.6) is 0 Å². The van der Waals surface area contributed by atoms with Crippen LogP contribution in [0, 0.1) is 0 Å². The van der Waals surface area contributed by atoms with Crippen molar-refractivity contribution in [1.82, 2.24) is 0 Å². The molecule has 1 unspecified atom stereocenters. The topological polar surface area (TPSA) is 78.9 Å². The Morgan fingerprint density at radius 3 is 0.792 bits per heavy atom. The van der Waals surface area contributed by atoms with E-state index >= 15 is 0 Å². The van der Waals surface area contributed by atoms with Crippen LogP contribution in [0.2, 0.25) is 0 Å². The molecule has 0 heterocycles. The quantitative estimate of drug-likeness (QED) is 0.0261. The average Bonchev–Trinajstić information content (AvgIpc) is 3.43. The van der Waals surface area contributed by atoms with Gasteiger partial charge in [0.15, 0.2) is 6.10 Å². The summed E-state index contributed by atoms with van der Waals surface area (Å²) in [5.74, 6) is -0.903. The number of carbonyl (C=O) groups excluding carboxylic acids is 3. The number of carbonyl (C=O) groups is 3. The van der Waals surface area contributed by atoms with E-state index in [1.54, 1.807) is 0 Å². The molecule has 0 rings (SSSR count). The van der Waals surface area contributed by atoms with E-state index in [4.69, 9.17) is 14.2 Å². The number of unbranched alkanes of at least 4 members (excludes halogenated alkanes) is 32. The molecule has 0 saturated carbocycles. The summed E-state index contributed by atoms with van der Waals surface area (Å²) in [6.07, 6.45) is 86.9. The van der Waals surface area contributed by atoms with Crippen LogP contribution in [0.4, 0.5) is 0 Å². The SMILES string of the molecule is CC/C=C\C/C=C\C/C=C\C/C=C\C/C=C\C/C=C\CCCCCCC(=O)OCC(COC(=O)CCCCCCCCCCCCCCCCC)OC(=O)CCCCCCCCCCC/C=C\C/C=C\CCCCCCC. The van der Waals surface area contributed by atoms with Gasteiger partial charge in [0.25, 0.3) is 0 Å². The lowest BCUT2D eigenvalue weighted by molar-refractivity contribution is -0.167. The Labute approximate surface area is 477 Å². The molecule has 77 heavy (non-hydrogen) atoms. The molecule has 0 aliphatic carbocycles. The van der Waals surface area contributed by atoms with Gasteiger partial charge in [0.1, 0.15) is 13.2 Å². The van der Waals surface area contributed by atoms with Gasteiger partial charge in [-0.2, -0.15) is 0 Å². The average molecular weight is 1070 g/mol. The van der Waals surface area contributed by atoms with Gasteiger partial charge in [0.2, 0.25) is 0 Å². The summed E-state index contributed by atoms with van der Waals surface area (Å²) < 4.78 is 16.9. The molecule has 6 heteroatoms. The smallest absolute Gasteiger partial charge is 0.306 e. The largest absolute Gasteiger partial charge is 0.462 e. The molecule has 0 aromatic rings. The van der Waals surface area contributed by atoms with E-state index < -0.39 is 6.10 Å². The Hall–Kier alpha value is -3.67. The lowest BCUT2D eigenvalue weighted by atomic mass is 10.0. The van der Waals surface area contributed by atoms with Gasteiger partial charge in [-0.05, 0) is 103 Å². The van der Waals surface area contributed by atoms with Gasteiger partial charge in [0.05, 0.1) is 0 Å². The maximum atomic E-state index is 12.9. The van der Waals surface area contributed by atoms with Gasteiger partial charge in [-0.25, -0.2) is 0 Å². The summed E-state index contributed by atoms with van der Waals surface area (Å²) in [4.78, 5) is 38.4. The Kier molecular flexibility index (Phi) is 61.8. The highest BCUT2D eigenvalue weighted by atomic mass is 16.6. The second-order valence-electron chi connectivity index (χ2n) is 21.6. The number of esters is 3. The van der Waals surface area contributed by atoms with Crippen molar-refractivity contribution in [3.05, 3.63) is 97.2 Å². The number of hydrogen-bond acceptors (Lipinski definition) is 6. The van der Waals surface area contributed by atoms with Crippen molar-refractivity contribution in [2.75, 3.05) is 13.2 Å². The first kappa shape index (κ1) is 73.3. The highest BCUT2D eigenvalue weighted by Crippen LogP contribution is 2.16. The van der Waals surface area contributed by atoms with Crippen LogP contribution in [-0.4, -0.2) is 37.2 Å². The fourth-order valence-electron chi connectivity index (χ4n) is 9.18. The molecule has 0 amide bonds. The molecule has 0 aromatic heterocycles. The highest BCUT2D eigenvalue weighted by Gasteiger charge is 2.19. The summed E-state index contributed by atoms with van der Waals surface area (Å²) in [5, 5.41) is 0. The van der Waals surface area contributed by atoms with Crippen molar-refractivity contribution >= 4 is 17.9 Å². The minimum absolute atomic E-state index is 0.0852. The van der Waals surface area contributed by atoms with E-state index in [2.05, 4.69) is 118 Å². The summed E-state index contributed by atoms with van der Waals surface area (Å²) >= 11 is 0. The van der Waals surface area contributed by atoms with Gasteiger partial charge in [0, 0.05) is 19.3 Å². The van der Waals surface area contributed by atoms with Gasteiger partial charge in [-0.15, -0.1) is 0 Å². The molecule has 0 aromatic carbocycles. The third-order valence-corrected chi connectivity index (χ3v) is 14.1. The Morgan fingerprint density at radius 1 is 0.273 bits per heavy atom. The zero-order chi connectivity index (χ0) is 55.7. The molecular formula is C71H122O6. The van der Waals surface area contributed by atoms with Crippen molar-refractivity contribution in [3.8, 4) is 0 Å². The molecule has 1 atom stereocenters. The molecule has 442 valence electrons. The standard InChI is InChI=1S/C71H122O6/c1-4-7-10-13-16-19-22-25-28-30-32-34-35-37-38-40-43-46-49-52-55-58-61-64-70(73)76-67-68(66-75-69(72)63-60-57-54-51-48-45-42-27-24-21-18-15-12-9-6-3)77-71(74)65-62-59-56-53-50-47-44-41-39-36-33-31-29-26-23-20-17-14-11-8-5-2/h7,10,16,19,23,25-26,28,31-34,37-38,43,46,68H,4-6,8-9,11-15,17-18,20-22,24,27,29-30,35-36,39-42,44-45,47-67H2,1-3H3/b10-7-,19-16-,26-23-,28-25-,33-31-,34-32-,38-37-,46-43-. The van der Waals surface area contributed by atoms with Crippen molar-refractivity contribution < 1.29 is 28.6 Å². The van der Waals surface area contributed by atoms with Crippen LogP contribution in [-0.2, 0) is 28.6 Å². The van der Waals surface area contributed by atoms with E-state index in [1.165, 1.54) is 161 Å². The minimum Gasteiger partial charge on any atom is -0.462 e. The zero-order valence-electron chi connectivity index (χ0n) is 50.7. The van der Waals surface area contributed by atoms with Gasteiger partial charge in [-0.3, -0.25) is 14.4 Å². The van der Waals surface area contributed by atoms with Gasteiger partial charge >= 0.3 is 17.9 Å². The van der Waals surface area contributed by atoms with E-state index in [0.717, 1.165) is 116 Å². The van der Waals surface area contributed by atoms with Crippen LogP contribution in [0.15, 0.2) is 97.2 Å². The Balaban J connectivity index is 4.42. The number of hydrogen-bond donors (Lipinski definition) is 0. The molecule has 0 fully saturated rings. The van der Waals surface area contributed by atoms with Crippen molar-refractivity contribution in [3.63, 3.8) is 0 Å². The number of ether oxygens (including phenoxy) is 3. The summed E-state index contributed by atoms with van der Waals surface area (Å²) in [6.45, 7) is 6.53. The van der Waals surface area contributed by atoms with Gasteiger partial charge < -0.3 is 14.2 Å². The minimum atomic E-state index is -0.792. The Bertz CT molecular complexity index is 1510. The summed E-state index contributed by atoms with van der Waals surface area (Å²) in [7, 11) is 0. The lowest BCUT2D eigenvalue weighted by Crippen LogP contribution is -2.30. The lowest BCUT2D eigenvalue weighted by Gasteiger charge is -2.18. The second-order valence-corrected chi connectivity index (χ2v) is 21.6. The zero-order valence-corrected chi connectivity index (χ0v) is 50.7. The van der Waals surface area contributed by atoms with Crippen LogP contribution in [0.3, 0.4) is 0 Å². The molecule has 0 aliphatic heterocycles. The summed E-state index contributed by atoms with van der Waals surface area (Å²) in [6, 6.07) is 0. The third-order valence-electron chi connectivity index (χ3n) is 14.1. The molecule has 0 N–H and O–H groups in total. The molecule has 0 aliphatic rings. The number of rotatable bonds is 59. The summed E-state index contributed by atoms with van der Waals surface area (Å²) in [5.41, 5.74) is 0. The third kappa shape index (κ3) is 63.0. The monoisotopic (exact) mass is 1070 g/mol. The van der Waals surface area contributed by atoms with E-state index in [-0.39, 0.29) is 31.1 Å². The maximum absolute atomic E-state index is 12.9. The molecule has 0 radical (unpaired) electrons. The fraction of sp³-hybridized carbons (Fsp3) is 0.732. The predicted molar refractivity (Wildman–Crippen MR) is 334 cm³/mol. The van der Waals surface area contributed by atoms with Crippen LogP contribution >= 0.6 is 0 Å². The van der Waals surface area contributed by atoms with E-state index in [0.29, 0.717) is 19.3 Å². The Morgan fingerprint density at radius 2 is 0.506 bits per heavy atom. The predicted octanol–water partition coefficient (Wildman–Crippen LogP) is 22.4. The fourth-order valence-corrected chi connectivity index (χ4v) is 9.18. The number of allylic oxidation sites excluding steroid dienone is 16. The van der Waals surface area contributed by atoms with Crippen LogP contribution in [0.1, 0.15) is 316 Å². The van der Waals surface area contributed by atoms with E-state index in [1.807, 2.05) is 0 Å². The normalized spacial score (nSPS) is 12.7. The molecule has 0 saturated heterocycles. The van der Waals surface area contributed by atoms with Crippen LogP contribution in [0.25, 0.3) is 0 Å². The molecule has 0 bridgehead atoms. The molecule has 6 nitrogen and oxygen atoms in total. The first-order valence-corrected chi connectivity index (χ1v) is 32.7. The molecule has 0 spiro atoms.